The van der Waals surface area contributed by atoms with E-state index in [1.165, 1.54) is 0 Å². The van der Waals surface area contributed by atoms with Crippen LogP contribution in [0.25, 0.3) is 0 Å². The van der Waals surface area contributed by atoms with E-state index in [0.29, 0.717) is 12.1 Å². The molecule has 0 saturated heterocycles. The Morgan fingerprint density at radius 3 is 2.68 bits per heavy atom. The molecule has 0 aliphatic carbocycles. The first-order valence-electron chi connectivity index (χ1n) is 5.84. The summed E-state index contributed by atoms with van der Waals surface area (Å²) in [4.78, 5) is 0.958. The van der Waals surface area contributed by atoms with E-state index >= 15 is 0 Å². The number of nitriles is 1. The van der Waals surface area contributed by atoms with Crippen LogP contribution in [-0.4, -0.2) is 0 Å². The molecule has 0 fully saturated rings. The zero-order chi connectivity index (χ0) is 13.7. The van der Waals surface area contributed by atoms with E-state index in [1.54, 1.807) is 11.8 Å². The van der Waals surface area contributed by atoms with Crippen molar-refractivity contribution in [1.29, 1.82) is 5.26 Å². The average molecular weight is 289 g/mol. The highest BCUT2D eigenvalue weighted by Crippen LogP contribution is 2.29. The van der Waals surface area contributed by atoms with Gasteiger partial charge in [-0.15, -0.1) is 11.8 Å². The highest BCUT2D eigenvalue weighted by molar-refractivity contribution is 7.98. The maximum Gasteiger partial charge on any atom is 0.100 e. The molecule has 2 N–H and O–H groups in total. The summed E-state index contributed by atoms with van der Waals surface area (Å²) in [5.74, 6) is 0.746. The molecule has 0 radical (unpaired) electrons. The normalized spacial score (nSPS) is 10.2. The Morgan fingerprint density at radius 2 is 2.00 bits per heavy atom. The fourth-order valence-corrected chi connectivity index (χ4v) is 2.96. The first-order chi connectivity index (χ1) is 9.24. The zero-order valence-corrected chi connectivity index (χ0v) is 11.8. The van der Waals surface area contributed by atoms with Gasteiger partial charge in [0.25, 0.3) is 0 Å². The van der Waals surface area contributed by atoms with E-state index < -0.39 is 0 Å². The molecule has 0 saturated carbocycles. The van der Waals surface area contributed by atoms with E-state index in [-0.39, 0.29) is 0 Å². The van der Waals surface area contributed by atoms with Crippen LogP contribution in [0.4, 0.5) is 0 Å². The van der Waals surface area contributed by atoms with Crippen molar-refractivity contribution in [2.75, 3.05) is 0 Å². The van der Waals surface area contributed by atoms with Crippen LogP contribution in [-0.2, 0) is 12.3 Å². The highest BCUT2D eigenvalue weighted by atomic mass is 35.5. The van der Waals surface area contributed by atoms with Crippen LogP contribution < -0.4 is 5.73 Å². The van der Waals surface area contributed by atoms with Gasteiger partial charge in [-0.05, 0) is 29.3 Å². The lowest BCUT2D eigenvalue weighted by molar-refractivity contribution is 1.06. The van der Waals surface area contributed by atoms with Gasteiger partial charge < -0.3 is 5.73 Å². The predicted octanol–water partition coefficient (Wildman–Crippen LogP) is 3.96. The van der Waals surface area contributed by atoms with Crippen LogP contribution in [0.3, 0.4) is 0 Å². The van der Waals surface area contributed by atoms with Crippen molar-refractivity contribution < 1.29 is 0 Å². The molecule has 2 aromatic rings. The number of halogens is 1. The minimum absolute atomic E-state index is 0.449. The van der Waals surface area contributed by atoms with Crippen molar-refractivity contribution >= 4 is 23.4 Å². The molecule has 2 nitrogen and oxygen atoms in total. The second-order valence-corrected chi connectivity index (χ2v) is 5.45. The quantitative estimate of drug-likeness (QED) is 0.866. The summed E-state index contributed by atoms with van der Waals surface area (Å²) in [6.45, 7) is 0.449. The van der Waals surface area contributed by atoms with Gasteiger partial charge in [-0.1, -0.05) is 35.9 Å². The minimum Gasteiger partial charge on any atom is -0.326 e. The Morgan fingerprint density at radius 1 is 1.21 bits per heavy atom. The summed E-state index contributed by atoms with van der Waals surface area (Å²) in [5.41, 5.74) is 8.28. The number of benzene rings is 2. The summed E-state index contributed by atoms with van der Waals surface area (Å²) in [6, 6.07) is 15.7. The van der Waals surface area contributed by atoms with Gasteiger partial charge in [0.05, 0.1) is 5.56 Å². The van der Waals surface area contributed by atoms with Gasteiger partial charge in [0.1, 0.15) is 6.07 Å². The molecule has 0 bridgehead atoms. The van der Waals surface area contributed by atoms with Crippen LogP contribution in [0.15, 0.2) is 47.4 Å². The summed E-state index contributed by atoms with van der Waals surface area (Å²) in [6.07, 6.45) is 0. The molecule has 19 heavy (non-hydrogen) atoms. The summed E-state index contributed by atoms with van der Waals surface area (Å²) in [7, 11) is 0. The zero-order valence-electron chi connectivity index (χ0n) is 10.3. The van der Waals surface area contributed by atoms with Crippen LogP contribution >= 0.6 is 23.4 Å². The van der Waals surface area contributed by atoms with Gasteiger partial charge in [-0.25, -0.2) is 0 Å². The third-order valence-corrected chi connectivity index (χ3v) is 4.23. The topological polar surface area (TPSA) is 49.8 Å². The van der Waals surface area contributed by atoms with Crippen molar-refractivity contribution in [3.63, 3.8) is 0 Å². The molecule has 2 rings (SSSR count). The second-order valence-electron chi connectivity index (χ2n) is 4.03. The number of hydrogen-bond donors (Lipinski definition) is 1. The Hall–Kier alpha value is -1.47. The van der Waals surface area contributed by atoms with Gasteiger partial charge in [0.15, 0.2) is 0 Å². The smallest absolute Gasteiger partial charge is 0.100 e. The largest absolute Gasteiger partial charge is 0.326 e. The van der Waals surface area contributed by atoms with E-state index in [2.05, 4.69) is 6.07 Å². The Balaban J connectivity index is 2.16. The molecule has 0 unspecified atom stereocenters. The van der Waals surface area contributed by atoms with Crippen molar-refractivity contribution in [1.82, 2.24) is 0 Å². The molecule has 0 spiro atoms. The Kier molecular flexibility index (Phi) is 4.86. The van der Waals surface area contributed by atoms with Gasteiger partial charge in [0.2, 0.25) is 0 Å². The third kappa shape index (κ3) is 3.51. The number of nitrogens with zero attached hydrogens (tertiary/aromatic N) is 1. The maximum absolute atomic E-state index is 9.16. The summed E-state index contributed by atoms with van der Waals surface area (Å²) in [5, 5.41) is 9.92. The first-order valence-corrected chi connectivity index (χ1v) is 7.20. The number of nitrogens with two attached hydrogens (primary N) is 1. The first kappa shape index (κ1) is 14.0. The minimum atomic E-state index is 0.449. The molecule has 0 heterocycles. The SMILES string of the molecule is N#Cc1cc(CN)ccc1SCc1ccccc1Cl. The van der Waals surface area contributed by atoms with Crippen molar-refractivity contribution in [2.45, 2.75) is 17.2 Å². The standard InChI is InChI=1S/C15H13ClN2S/c16-14-4-2-1-3-12(14)10-19-15-6-5-11(8-17)7-13(15)9-18/h1-7H,8,10,17H2. The van der Waals surface area contributed by atoms with Crippen molar-refractivity contribution in [3.05, 3.63) is 64.2 Å². The molecule has 96 valence electrons. The lowest BCUT2D eigenvalue weighted by Gasteiger charge is -2.07. The molecule has 0 atom stereocenters. The van der Waals surface area contributed by atoms with Gasteiger partial charge >= 0.3 is 0 Å². The maximum atomic E-state index is 9.16. The predicted molar refractivity (Wildman–Crippen MR) is 80.1 cm³/mol. The highest BCUT2D eigenvalue weighted by Gasteiger charge is 2.06. The van der Waals surface area contributed by atoms with Crippen molar-refractivity contribution in [2.24, 2.45) is 5.73 Å². The van der Waals surface area contributed by atoms with Gasteiger partial charge in [-0.2, -0.15) is 5.26 Å². The number of thioether (sulfide) groups is 1. The molecular formula is C15H13ClN2S. The molecule has 0 aliphatic heterocycles. The lowest BCUT2D eigenvalue weighted by Crippen LogP contribution is -1.97. The van der Waals surface area contributed by atoms with Crippen LogP contribution in [0, 0.1) is 11.3 Å². The summed E-state index contributed by atoms with van der Waals surface area (Å²) < 4.78 is 0. The fraction of sp³-hybridized carbons (Fsp3) is 0.133. The van der Waals surface area contributed by atoms with Gasteiger partial charge in [-0.3, -0.25) is 0 Å². The molecular weight excluding hydrogens is 276 g/mol. The van der Waals surface area contributed by atoms with Crippen LogP contribution in [0.2, 0.25) is 5.02 Å². The fourth-order valence-electron chi connectivity index (χ4n) is 1.69. The molecule has 4 heteroatoms. The van der Waals surface area contributed by atoms with E-state index in [0.717, 1.165) is 26.8 Å². The Labute approximate surface area is 122 Å². The second kappa shape index (κ2) is 6.63. The third-order valence-electron chi connectivity index (χ3n) is 2.74. The van der Waals surface area contributed by atoms with E-state index in [9.17, 15) is 0 Å². The summed E-state index contributed by atoms with van der Waals surface area (Å²) >= 11 is 7.73. The Bertz CT molecular complexity index is 620. The molecule has 0 amide bonds. The lowest BCUT2D eigenvalue weighted by atomic mass is 10.1. The van der Waals surface area contributed by atoms with E-state index in [4.69, 9.17) is 22.6 Å². The molecule has 0 aliphatic rings. The van der Waals surface area contributed by atoms with Crippen molar-refractivity contribution in [3.8, 4) is 6.07 Å². The molecule has 0 aromatic heterocycles. The van der Waals surface area contributed by atoms with Crippen LogP contribution in [0.5, 0.6) is 0 Å². The van der Waals surface area contributed by atoms with Gasteiger partial charge in [0, 0.05) is 22.2 Å². The van der Waals surface area contributed by atoms with Crippen LogP contribution in [0.1, 0.15) is 16.7 Å². The van der Waals surface area contributed by atoms with E-state index in [1.807, 2.05) is 42.5 Å². The average Bonchev–Trinajstić information content (AvgIpc) is 2.46. The number of hydrogen-bond acceptors (Lipinski definition) is 3. The monoisotopic (exact) mass is 288 g/mol. The number of rotatable bonds is 4. The molecule has 2 aromatic carbocycles.